The average molecular weight is 430 g/mol. The van der Waals surface area contributed by atoms with Crippen molar-refractivity contribution in [3.05, 3.63) is 0 Å². The number of hydrogen-bond acceptors (Lipinski definition) is 6. The van der Waals surface area contributed by atoms with Gasteiger partial charge in [0.25, 0.3) is 0 Å². The molecule has 0 aliphatic heterocycles. The van der Waals surface area contributed by atoms with E-state index in [-0.39, 0.29) is 17.8 Å². The Balaban J connectivity index is 3.37. The molecular formula is C21H39N3O6. The predicted molar refractivity (Wildman–Crippen MR) is 114 cm³/mol. The normalized spacial score (nSPS) is 10.2. The molecule has 0 aliphatic rings. The van der Waals surface area contributed by atoms with Gasteiger partial charge in [-0.15, -0.1) is 0 Å². The number of alkyl carbamates (subject to hydrolysis) is 1. The molecule has 9 nitrogen and oxygen atoms in total. The fourth-order valence-electron chi connectivity index (χ4n) is 2.78. The molecule has 9 heteroatoms. The van der Waals surface area contributed by atoms with Crippen molar-refractivity contribution >= 4 is 23.9 Å². The Labute approximate surface area is 180 Å². The average Bonchev–Trinajstić information content (AvgIpc) is 2.74. The fraction of sp³-hybridized carbons (Fsp3) is 0.810. The van der Waals surface area contributed by atoms with Gasteiger partial charge < -0.3 is 25.4 Å². The number of ether oxygens (including phenoxy) is 2. The van der Waals surface area contributed by atoms with Gasteiger partial charge in [0.05, 0.1) is 14.2 Å². The number of esters is 1. The first-order chi connectivity index (χ1) is 14.5. The van der Waals surface area contributed by atoms with Crippen LogP contribution in [-0.4, -0.2) is 57.7 Å². The topological polar surface area (TPSA) is 123 Å². The van der Waals surface area contributed by atoms with Crippen LogP contribution in [0.4, 0.5) is 9.59 Å². The second-order valence-corrected chi connectivity index (χ2v) is 7.15. The number of unbranched alkanes of at least 4 members (excludes halogenated alkanes) is 6. The van der Waals surface area contributed by atoms with Crippen molar-refractivity contribution in [1.82, 2.24) is 16.0 Å². The lowest BCUT2D eigenvalue weighted by Gasteiger charge is -2.07. The number of methoxy groups -OCH3 is 2. The van der Waals surface area contributed by atoms with E-state index in [0.717, 1.165) is 57.8 Å². The Morgan fingerprint density at radius 1 is 0.567 bits per heavy atom. The van der Waals surface area contributed by atoms with E-state index in [9.17, 15) is 19.2 Å². The number of carbonyl (C=O) groups excluding carboxylic acids is 4. The second-order valence-electron chi connectivity index (χ2n) is 7.15. The van der Waals surface area contributed by atoms with Gasteiger partial charge >= 0.3 is 18.1 Å². The summed E-state index contributed by atoms with van der Waals surface area (Å²) in [5.74, 6) is 0.0706. The smallest absolute Gasteiger partial charge is 0.406 e. The number of rotatable bonds is 18. The zero-order chi connectivity index (χ0) is 22.5. The molecule has 0 aromatic carbocycles. The minimum absolute atomic E-state index is 0.180. The van der Waals surface area contributed by atoms with Crippen molar-refractivity contribution in [2.75, 3.05) is 33.9 Å². The highest BCUT2D eigenvalue weighted by atomic mass is 16.5. The van der Waals surface area contributed by atoms with E-state index >= 15 is 0 Å². The van der Waals surface area contributed by atoms with E-state index in [4.69, 9.17) is 0 Å². The van der Waals surface area contributed by atoms with Gasteiger partial charge in [-0.1, -0.05) is 19.3 Å². The van der Waals surface area contributed by atoms with Crippen LogP contribution in [0.25, 0.3) is 0 Å². The Kier molecular flexibility index (Phi) is 18.4. The molecule has 0 bridgehead atoms. The summed E-state index contributed by atoms with van der Waals surface area (Å²) in [6, 6.07) is -0.180. The van der Waals surface area contributed by atoms with Crippen LogP contribution in [0.3, 0.4) is 0 Å². The molecule has 0 saturated heterocycles. The maximum absolute atomic E-state index is 11.8. The molecular weight excluding hydrogens is 390 g/mol. The molecule has 3 amide bonds. The molecule has 0 spiro atoms. The van der Waals surface area contributed by atoms with Crippen LogP contribution < -0.4 is 16.0 Å². The highest BCUT2D eigenvalue weighted by Crippen LogP contribution is 2.06. The van der Waals surface area contributed by atoms with Gasteiger partial charge in [0, 0.05) is 38.9 Å². The van der Waals surface area contributed by atoms with Crippen LogP contribution in [0, 0.1) is 0 Å². The molecule has 0 aromatic rings. The molecule has 0 aliphatic carbocycles. The van der Waals surface area contributed by atoms with E-state index < -0.39 is 6.09 Å². The van der Waals surface area contributed by atoms with Crippen LogP contribution in [-0.2, 0) is 19.1 Å². The zero-order valence-electron chi connectivity index (χ0n) is 18.6. The predicted octanol–water partition coefficient (Wildman–Crippen LogP) is 3.06. The Bertz CT molecular complexity index is 455. The summed E-state index contributed by atoms with van der Waals surface area (Å²) in [5, 5.41) is 8.21. The Morgan fingerprint density at radius 2 is 1.03 bits per heavy atom. The largest absolute Gasteiger partial charge is 0.469 e. The highest BCUT2D eigenvalue weighted by molar-refractivity contribution is 5.78. The maximum atomic E-state index is 11.8. The van der Waals surface area contributed by atoms with E-state index in [2.05, 4.69) is 25.4 Å². The fourth-order valence-corrected chi connectivity index (χ4v) is 2.78. The lowest BCUT2D eigenvalue weighted by molar-refractivity contribution is -0.140. The molecule has 0 heterocycles. The van der Waals surface area contributed by atoms with Gasteiger partial charge in [-0.05, 0) is 38.5 Å². The lowest BCUT2D eigenvalue weighted by atomic mass is 10.1. The van der Waals surface area contributed by atoms with Crippen molar-refractivity contribution in [2.45, 2.75) is 77.0 Å². The molecule has 0 saturated carbocycles. The first kappa shape index (κ1) is 27.7. The van der Waals surface area contributed by atoms with Gasteiger partial charge in [-0.2, -0.15) is 0 Å². The van der Waals surface area contributed by atoms with Gasteiger partial charge in [-0.3, -0.25) is 9.59 Å². The number of urea groups is 1. The monoisotopic (exact) mass is 429 g/mol. The van der Waals surface area contributed by atoms with Crippen molar-refractivity contribution in [1.29, 1.82) is 0 Å². The third-order valence-corrected chi connectivity index (χ3v) is 4.58. The zero-order valence-corrected chi connectivity index (χ0v) is 18.6. The Morgan fingerprint density at radius 3 is 1.50 bits per heavy atom. The Hall–Kier alpha value is -2.32. The standard InChI is InChI=1S/C21H39N3O6/c1-29-19(26)14-8-5-10-16-23-20(27)22-15-9-3-6-12-18(25)13-7-4-11-17-24-21(28)30-2/h3-17H2,1-2H3,(H,24,28)(H2,22,23,27). The summed E-state index contributed by atoms with van der Waals surface area (Å²) in [7, 11) is 2.71. The van der Waals surface area contributed by atoms with Crippen LogP contribution in [0.1, 0.15) is 77.0 Å². The minimum Gasteiger partial charge on any atom is -0.469 e. The van der Waals surface area contributed by atoms with Crippen LogP contribution in [0.5, 0.6) is 0 Å². The summed E-state index contributed by atoms with van der Waals surface area (Å²) in [4.78, 5) is 45.3. The van der Waals surface area contributed by atoms with Crippen LogP contribution in [0.15, 0.2) is 0 Å². The molecule has 0 fully saturated rings. The molecule has 30 heavy (non-hydrogen) atoms. The van der Waals surface area contributed by atoms with Crippen molar-refractivity contribution in [3.8, 4) is 0 Å². The maximum Gasteiger partial charge on any atom is 0.406 e. The van der Waals surface area contributed by atoms with Crippen LogP contribution in [0.2, 0.25) is 0 Å². The number of Topliss-reactive ketones (excluding diaryl/α,β-unsaturated/α-hetero) is 1. The molecule has 0 radical (unpaired) electrons. The van der Waals surface area contributed by atoms with Gasteiger partial charge in [-0.25, -0.2) is 9.59 Å². The van der Waals surface area contributed by atoms with Crippen LogP contribution >= 0.6 is 0 Å². The summed E-state index contributed by atoms with van der Waals surface area (Å²) in [5.41, 5.74) is 0. The molecule has 0 atom stereocenters. The second kappa shape index (κ2) is 20.0. The van der Waals surface area contributed by atoms with E-state index in [1.165, 1.54) is 14.2 Å². The molecule has 3 N–H and O–H groups in total. The van der Waals surface area contributed by atoms with Crippen molar-refractivity contribution in [2.24, 2.45) is 0 Å². The first-order valence-corrected chi connectivity index (χ1v) is 10.9. The van der Waals surface area contributed by atoms with Gasteiger partial charge in [0.2, 0.25) is 0 Å². The van der Waals surface area contributed by atoms with E-state index in [1.807, 2.05) is 0 Å². The third kappa shape index (κ3) is 19.0. The first-order valence-electron chi connectivity index (χ1n) is 10.9. The van der Waals surface area contributed by atoms with E-state index in [1.54, 1.807) is 0 Å². The van der Waals surface area contributed by atoms with Gasteiger partial charge in [0.1, 0.15) is 5.78 Å². The number of hydrogen-bond donors (Lipinski definition) is 3. The summed E-state index contributed by atoms with van der Waals surface area (Å²) >= 11 is 0. The number of carbonyl (C=O) groups is 4. The molecule has 174 valence electrons. The quantitative estimate of drug-likeness (QED) is 0.227. The number of nitrogens with one attached hydrogen (secondary N) is 3. The molecule has 0 unspecified atom stereocenters. The third-order valence-electron chi connectivity index (χ3n) is 4.58. The minimum atomic E-state index is -0.425. The van der Waals surface area contributed by atoms with Crippen molar-refractivity contribution in [3.63, 3.8) is 0 Å². The summed E-state index contributed by atoms with van der Waals surface area (Å²) in [6.45, 7) is 1.74. The highest BCUT2D eigenvalue weighted by Gasteiger charge is 2.04. The molecule has 0 rings (SSSR count). The summed E-state index contributed by atoms with van der Waals surface area (Å²) in [6.07, 6.45) is 8.79. The lowest BCUT2D eigenvalue weighted by Crippen LogP contribution is -2.36. The summed E-state index contributed by atoms with van der Waals surface area (Å²) < 4.78 is 9.04. The van der Waals surface area contributed by atoms with E-state index in [0.29, 0.717) is 38.9 Å². The number of ketones is 1. The molecule has 0 aromatic heterocycles. The van der Waals surface area contributed by atoms with Crippen molar-refractivity contribution < 1.29 is 28.7 Å². The number of amides is 3. The van der Waals surface area contributed by atoms with Gasteiger partial charge in [0.15, 0.2) is 0 Å². The SMILES string of the molecule is COC(=O)CCCCCNC(=O)NCCCCCC(=O)CCCCCNC(=O)OC.